The highest BCUT2D eigenvalue weighted by atomic mass is 32.1. The zero-order chi connectivity index (χ0) is 12.1. The summed E-state index contributed by atoms with van der Waals surface area (Å²) in [6.45, 7) is 8.98. The van der Waals surface area contributed by atoms with Gasteiger partial charge in [-0.05, 0) is 19.9 Å². The molecule has 96 valence electrons. The molecule has 0 aliphatic carbocycles. The summed E-state index contributed by atoms with van der Waals surface area (Å²) in [7, 11) is 0. The van der Waals surface area contributed by atoms with Crippen LogP contribution in [0.3, 0.4) is 0 Å². The lowest BCUT2D eigenvalue weighted by Gasteiger charge is -2.31. The maximum Gasteiger partial charge on any atom is 0.202 e. The topological polar surface area (TPSA) is 50.3 Å². The SMILES string of the molecule is CCCN1CCOC(c2nsc(NCC)n2)C1. The summed E-state index contributed by atoms with van der Waals surface area (Å²) in [5.74, 6) is 0.826. The van der Waals surface area contributed by atoms with E-state index in [1.54, 1.807) is 0 Å². The first kappa shape index (κ1) is 12.7. The number of ether oxygens (including phenoxy) is 1. The molecule has 5 nitrogen and oxygen atoms in total. The van der Waals surface area contributed by atoms with E-state index in [0.717, 1.165) is 43.7 Å². The van der Waals surface area contributed by atoms with E-state index in [4.69, 9.17) is 4.74 Å². The van der Waals surface area contributed by atoms with Gasteiger partial charge in [0.05, 0.1) is 6.61 Å². The first-order valence-electron chi connectivity index (χ1n) is 6.25. The summed E-state index contributed by atoms with van der Waals surface area (Å²) in [5.41, 5.74) is 0. The van der Waals surface area contributed by atoms with Crippen molar-refractivity contribution < 1.29 is 4.74 Å². The van der Waals surface area contributed by atoms with Crippen molar-refractivity contribution in [1.82, 2.24) is 14.3 Å². The van der Waals surface area contributed by atoms with Crippen LogP contribution in [0, 0.1) is 0 Å². The average Bonchev–Trinajstić information content (AvgIpc) is 2.79. The Balaban J connectivity index is 1.95. The predicted molar refractivity (Wildman–Crippen MR) is 69.5 cm³/mol. The molecule has 1 unspecified atom stereocenters. The maximum absolute atomic E-state index is 5.74. The van der Waals surface area contributed by atoms with Crippen LogP contribution in [0.5, 0.6) is 0 Å². The van der Waals surface area contributed by atoms with Gasteiger partial charge in [-0.3, -0.25) is 4.90 Å². The fourth-order valence-electron chi connectivity index (χ4n) is 1.97. The van der Waals surface area contributed by atoms with Crippen molar-refractivity contribution in [1.29, 1.82) is 0 Å². The van der Waals surface area contributed by atoms with E-state index in [1.807, 2.05) is 0 Å². The van der Waals surface area contributed by atoms with Gasteiger partial charge in [-0.1, -0.05) is 6.92 Å². The van der Waals surface area contributed by atoms with Crippen molar-refractivity contribution in [3.05, 3.63) is 5.82 Å². The van der Waals surface area contributed by atoms with Crippen LogP contribution in [0.2, 0.25) is 0 Å². The molecule has 2 heterocycles. The van der Waals surface area contributed by atoms with E-state index in [0.29, 0.717) is 0 Å². The van der Waals surface area contributed by atoms with Crippen LogP contribution >= 0.6 is 11.5 Å². The molecule has 0 radical (unpaired) electrons. The second kappa shape index (κ2) is 6.28. The first-order chi connectivity index (χ1) is 8.33. The zero-order valence-corrected chi connectivity index (χ0v) is 11.3. The number of rotatable bonds is 5. The largest absolute Gasteiger partial charge is 0.367 e. The van der Waals surface area contributed by atoms with Gasteiger partial charge in [0.15, 0.2) is 5.82 Å². The van der Waals surface area contributed by atoms with E-state index >= 15 is 0 Å². The minimum absolute atomic E-state index is 0.0407. The quantitative estimate of drug-likeness (QED) is 0.870. The van der Waals surface area contributed by atoms with Crippen molar-refractivity contribution in [2.24, 2.45) is 0 Å². The lowest BCUT2D eigenvalue weighted by Crippen LogP contribution is -2.39. The number of aromatic nitrogens is 2. The number of morpholine rings is 1. The van der Waals surface area contributed by atoms with E-state index in [9.17, 15) is 0 Å². The lowest BCUT2D eigenvalue weighted by molar-refractivity contribution is -0.0336. The van der Waals surface area contributed by atoms with Crippen molar-refractivity contribution in [2.75, 3.05) is 38.1 Å². The fourth-order valence-corrected chi connectivity index (χ4v) is 2.65. The molecule has 1 aromatic rings. The number of hydrogen-bond acceptors (Lipinski definition) is 6. The van der Waals surface area contributed by atoms with Crippen molar-refractivity contribution in [2.45, 2.75) is 26.4 Å². The molecule has 1 atom stereocenters. The van der Waals surface area contributed by atoms with E-state index in [2.05, 4.69) is 33.4 Å². The number of hydrogen-bond donors (Lipinski definition) is 1. The summed E-state index contributed by atoms with van der Waals surface area (Å²) < 4.78 is 10.1. The fraction of sp³-hybridized carbons (Fsp3) is 0.818. The molecule has 0 aromatic carbocycles. The van der Waals surface area contributed by atoms with Crippen LogP contribution in [0.15, 0.2) is 0 Å². The number of anilines is 1. The van der Waals surface area contributed by atoms with Crippen molar-refractivity contribution >= 4 is 16.7 Å². The van der Waals surface area contributed by atoms with Crippen molar-refractivity contribution in [3.8, 4) is 0 Å². The number of nitrogens with zero attached hydrogens (tertiary/aromatic N) is 3. The highest BCUT2D eigenvalue weighted by Crippen LogP contribution is 2.23. The van der Waals surface area contributed by atoms with Crippen molar-refractivity contribution in [3.63, 3.8) is 0 Å². The van der Waals surface area contributed by atoms with Crippen LogP contribution in [0.25, 0.3) is 0 Å². The average molecular weight is 256 g/mol. The molecule has 6 heteroatoms. The second-order valence-corrected chi connectivity index (χ2v) is 4.90. The van der Waals surface area contributed by atoms with Crippen LogP contribution in [0.1, 0.15) is 32.2 Å². The highest BCUT2D eigenvalue weighted by molar-refractivity contribution is 7.09. The van der Waals surface area contributed by atoms with Gasteiger partial charge in [-0.2, -0.15) is 4.37 Å². The molecular weight excluding hydrogens is 236 g/mol. The Labute approximate surface area is 106 Å². The molecule has 1 aliphatic rings. The van der Waals surface area contributed by atoms with Crippen LogP contribution < -0.4 is 5.32 Å². The van der Waals surface area contributed by atoms with Gasteiger partial charge < -0.3 is 10.1 Å². The minimum Gasteiger partial charge on any atom is -0.367 e. The summed E-state index contributed by atoms with van der Waals surface area (Å²) in [5, 5.41) is 4.07. The summed E-state index contributed by atoms with van der Waals surface area (Å²) in [4.78, 5) is 6.88. The summed E-state index contributed by atoms with van der Waals surface area (Å²) >= 11 is 1.41. The third-order valence-corrected chi connectivity index (χ3v) is 3.44. The number of nitrogens with one attached hydrogen (secondary N) is 1. The molecule has 1 saturated heterocycles. The summed E-state index contributed by atoms with van der Waals surface area (Å²) in [6.07, 6.45) is 1.22. The Morgan fingerprint density at radius 1 is 1.53 bits per heavy atom. The lowest BCUT2D eigenvalue weighted by atomic mass is 10.2. The molecule has 1 N–H and O–H groups in total. The van der Waals surface area contributed by atoms with Gasteiger partial charge in [0, 0.05) is 31.2 Å². The van der Waals surface area contributed by atoms with Gasteiger partial charge in [0.1, 0.15) is 6.10 Å². The van der Waals surface area contributed by atoms with Crippen LogP contribution in [0.4, 0.5) is 5.13 Å². The van der Waals surface area contributed by atoms with E-state index in [-0.39, 0.29) is 6.10 Å². The van der Waals surface area contributed by atoms with Gasteiger partial charge in [0.25, 0.3) is 0 Å². The normalized spacial score (nSPS) is 21.6. The minimum atomic E-state index is 0.0407. The molecule has 17 heavy (non-hydrogen) atoms. The molecule has 1 aromatic heterocycles. The van der Waals surface area contributed by atoms with Gasteiger partial charge >= 0.3 is 0 Å². The second-order valence-electron chi connectivity index (χ2n) is 4.15. The van der Waals surface area contributed by atoms with Gasteiger partial charge in [0.2, 0.25) is 5.13 Å². The Hall–Kier alpha value is -0.720. The Morgan fingerprint density at radius 2 is 2.41 bits per heavy atom. The standard InChI is InChI=1S/C11H20N4OS/c1-3-5-15-6-7-16-9(8-15)10-13-11(12-4-2)17-14-10/h9H,3-8H2,1-2H3,(H,12,13,14). The molecule has 0 saturated carbocycles. The predicted octanol–water partition coefficient (Wildman–Crippen LogP) is 1.75. The van der Waals surface area contributed by atoms with Gasteiger partial charge in [-0.25, -0.2) is 4.98 Å². The van der Waals surface area contributed by atoms with E-state index < -0.39 is 0 Å². The molecule has 2 rings (SSSR count). The Bertz CT molecular complexity index is 342. The van der Waals surface area contributed by atoms with Crippen LogP contribution in [-0.2, 0) is 4.74 Å². The zero-order valence-electron chi connectivity index (χ0n) is 10.5. The first-order valence-corrected chi connectivity index (χ1v) is 7.02. The third-order valence-electron chi connectivity index (χ3n) is 2.75. The Morgan fingerprint density at radius 3 is 3.18 bits per heavy atom. The van der Waals surface area contributed by atoms with Gasteiger partial charge in [-0.15, -0.1) is 0 Å². The molecule has 0 amide bonds. The molecular formula is C11H20N4OS. The molecule has 0 spiro atoms. The molecule has 1 aliphatic heterocycles. The third kappa shape index (κ3) is 3.37. The summed E-state index contributed by atoms with van der Waals surface area (Å²) in [6, 6.07) is 0. The van der Waals surface area contributed by atoms with E-state index in [1.165, 1.54) is 18.0 Å². The Kier molecular flexibility index (Phi) is 4.70. The monoisotopic (exact) mass is 256 g/mol. The molecule has 1 fully saturated rings. The maximum atomic E-state index is 5.74. The highest BCUT2D eigenvalue weighted by Gasteiger charge is 2.24. The van der Waals surface area contributed by atoms with Crippen LogP contribution in [-0.4, -0.2) is 47.0 Å². The smallest absolute Gasteiger partial charge is 0.202 e. The molecule has 0 bridgehead atoms.